The topological polar surface area (TPSA) is 20.2 Å². The van der Waals surface area contributed by atoms with Gasteiger partial charge in [0.15, 0.2) is 0 Å². The molecule has 0 saturated heterocycles. The molecule has 1 fully saturated rings. The summed E-state index contributed by atoms with van der Waals surface area (Å²) in [4.78, 5) is 0.427. The van der Waals surface area contributed by atoms with Gasteiger partial charge in [0, 0.05) is 0 Å². The van der Waals surface area contributed by atoms with E-state index in [1.54, 1.807) is 0 Å². The number of benzene rings is 4. The number of aliphatic hydroxyl groups excluding tert-OH is 1. The van der Waals surface area contributed by atoms with Crippen molar-refractivity contribution < 1.29 is 5.11 Å². The summed E-state index contributed by atoms with van der Waals surface area (Å²) in [6.45, 7) is 0. The number of hydrogen-bond donors (Lipinski definition) is 1. The predicted octanol–water partition coefficient (Wildman–Crippen LogP) is 5.71. The first-order valence-corrected chi connectivity index (χ1v) is 12.0. The zero-order valence-corrected chi connectivity index (χ0v) is 17.6. The zero-order valence-electron chi connectivity index (χ0n) is 15.8. The summed E-state index contributed by atoms with van der Waals surface area (Å²) in [6.07, 6.45) is 4.40. The third-order valence-electron chi connectivity index (χ3n) is 5.90. The maximum absolute atomic E-state index is 10.6. The summed E-state index contributed by atoms with van der Waals surface area (Å²) < 4.78 is 1.42. The van der Waals surface area contributed by atoms with Crippen LogP contribution in [0.2, 0.25) is 4.82 Å². The molecule has 0 amide bonds. The molecule has 4 aromatic carbocycles. The second kappa shape index (κ2) is 7.72. The van der Waals surface area contributed by atoms with Crippen molar-refractivity contribution in [1.29, 1.82) is 0 Å². The van der Waals surface area contributed by atoms with Crippen LogP contribution >= 0.6 is 0 Å². The quantitative estimate of drug-likeness (QED) is 0.412. The predicted molar refractivity (Wildman–Crippen MR) is 121 cm³/mol. The number of rotatable bonds is 3. The second-order valence-electron chi connectivity index (χ2n) is 7.69. The van der Waals surface area contributed by atoms with Crippen LogP contribution in [-0.4, -0.2) is 26.2 Å². The Morgan fingerprint density at radius 1 is 0.679 bits per heavy atom. The van der Waals surface area contributed by atoms with E-state index in [9.17, 15) is 5.11 Å². The van der Waals surface area contributed by atoms with Gasteiger partial charge in [-0.1, -0.05) is 0 Å². The third-order valence-corrected chi connectivity index (χ3v) is 8.93. The van der Waals surface area contributed by atoms with Crippen LogP contribution in [0.4, 0.5) is 0 Å². The van der Waals surface area contributed by atoms with E-state index in [1.165, 1.54) is 50.0 Å². The van der Waals surface area contributed by atoms with Crippen molar-refractivity contribution in [2.75, 3.05) is 0 Å². The van der Waals surface area contributed by atoms with Crippen LogP contribution in [0.5, 0.6) is 0 Å². The van der Waals surface area contributed by atoms with E-state index in [0.29, 0.717) is 4.82 Å². The Bertz CT molecular complexity index is 1130. The summed E-state index contributed by atoms with van der Waals surface area (Å²) >= 11 is 0.260. The third kappa shape index (κ3) is 3.26. The van der Waals surface area contributed by atoms with Gasteiger partial charge in [-0.25, -0.2) is 0 Å². The maximum atomic E-state index is 10.6. The molecule has 0 spiro atoms. The number of aliphatic hydroxyl groups is 1. The van der Waals surface area contributed by atoms with Gasteiger partial charge in [-0.3, -0.25) is 0 Å². The van der Waals surface area contributed by atoms with Gasteiger partial charge in [0.2, 0.25) is 0 Å². The minimum atomic E-state index is -0.138. The van der Waals surface area contributed by atoms with Gasteiger partial charge in [-0.2, -0.15) is 0 Å². The molecule has 0 aromatic heterocycles. The second-order valence-corrected chi connectivity index (χ2v) is 10.4. The SMILES string of the molecule is O[C@H]1CCCC[C@@H]1[Se]c1ccc2ccccc2c1-c1cccc2ccccc12. The van der Waals surface area contributed by atoms with Crippen molar-refractivity contribution in [2.45, 2.75) is 36.6 Å². The summed E-state index contributed by atoms with van der Waals surface area (Å²) in [5, 5.41) is 15.8. The molecule has 28 heavy (non-hydrogen) atoms. The monoisotopic (exact) mass is 432 g/mol. The molecule has 4 aromatic rings. The van der Waals surface area contributed by atoms with Gasteiger partial charge < -0.3 is 0 Å². The number of fused-ring (bicyclic) bond motifs is 2. The zero-order chi connectivity index (χ0) is 18.9. The van der Waals surface area contributed by atoms with E-state index in [2.05, 4.69) is 78.9 Å². The fourth-order valence-corrected chi connectivity index (χ4v) is 7.36. The van der Waals surface area contributed by atoms with E-state index in [1.807, 2.05) is 0 Å². The van der Waals surface area contributed by atoms with Crippen molar-refractivity contribution in [3.05, 3.63) is 78.9 Å². The molecule has 0 heterocycles. The van der Waals surface area contributed by atoms with Crippen LogP contribution in [0.1, 0.15) is 25.7 Å². The summed E-state index contributed by atoms with van der Waals surface area (Å²) in [5.41, 5.74) is 2.68. The van der Waals surface area contributed by atoms with Gasteiger partial charge in [-0.15, -0.1) is 0 Å². The average molecular weight is 431 g/mol. The van der Waals surface area contributed by atoms with Crippen molar-refractivity contribution in [2.24, 2.45) is 0 Å². The molecule has 0 radical (unpaired) electrons. The van der Waals surface area contributed by atoms with Gasteiger partial charge in [-0.05, 0) is 0 Å². The molecule has 0 unspecified atom stereocenters. The van der Waals surface area contributed by atoms with E-state index in [0.717, 1.165) is 12.8 Å². The average Bonchev–Trinajstić information content (AvgIpc) is 2.75. The fourth-order valence-electron chi connectivity index (χ4n) is 4.45. The van der Waals surface area contributed by atoms with Crippen LogP contribution < -0.4 is 4.46 Å². The molecule has 1 aliphatic carbocycles. The van der Waals surface area contributed by atoms with Crippen LogP contribution in [-0.2, 0) is 0 Å². The molecule has 1 aliphatic rings. The first kappa shape index (κ1) is 17.9. The van der Waals surface area contributed by atoms with Gasteiger partial charge in [0.25, 0.3) is 0 Å². The Balaban J connectivity index is 1.73. The van der Waals surface area contributed by atoms with Crippen molar-refractivity contribution >= 4 is 41.0 Å². The van der Waals surface area contributed by atoms with Crippen molar-refractivity contribution in [1.82, 2.24) is 0 Å². The molecule has 1 N–H and O–H groups in total. The molecule has 1 saturated carbocycles. The van der Waals surface area contributed by atoms with Crippen molar-refractivity contribution in [3.63, 3.8) is 0 Å². The first-order valence-electron chi connectivity index (χ1n) is 10.2. The Morgan fingerprint density at radius 2 is 1.36 bits per heavy atom. The van der Waals surface area contributed by atoms with E-state index >= 15 is 0 Å². The molecule has 140 valence electrons. The summed E-state index contributed by atoms with van der Waals surface area (Å²) in [6, 6.07) is 28.6. The van der Waals surface area contributed by atoms with Crippen LogP contribution in [0.25, 0.3) is 32.7 Å². The molecule has 2 atom stereocenters. The van der Waals surface area contributed by atoms with Gasteiger partial charge in [0.05, 0.1) is 0 Å². The Hall–Kier alpha value is -2.12. The van der Waals surface area contributed by atoms with E-state index < -0.39 is 0 Å². The summed E-state index contributed by atoms with van der Waals surface area (Å²) in [7, 11) is 0. The van der Waals surface area contributed by atoms with Gasteiger partial charge in [0.1, 0.15) is 0 Å². The molecule has 2 heteroatoms. The molecular weight excluding hydrogens is 407 g/mol. The van der Waals surface area contributed by atoms with E-state index in [-0.39, 0.29) is 21.1 Å². The Kier molecular flexibility index (Phi) is 4.94. The standard InChI is InChI=1S/C26H24OSe/c27-23-14-5-6-15-24(23)28-25-17-16-19-9-2-4-12-21(19)26(25)22-13-7-10-18-8-1-3-11-20(18)22/h1-4,7-13,16-17,23-24,27H,5-6,14-15H2/t23-,24-/m0/s1. The van der Waals surface area contributed by atoms with Crippen molar-refractivity contribution in [3.8, 4) is 11.1 Å². The molecule has 0 aliphatic heterocycles. The summed E-state index contributed by atoms with van der Waals surface area (Å²) in [5.74, 6) is 0. The van der Waals surface area contributed by atoms with E-state index in [4.69, 9.17) is 0 Å². The molecule has 0 bridgehead atoms. The molecule has 5 rings (SSSR count). The van der Waals surface area contributed by atoms with Gasteiger partial charge >= 0.3 is 173 Å². The fraction of sp³-hybridized carbons (Fsp3) is 0.231. The van der Waals surface area contributed by atoms with Crippen LogP contribution in [0.3, 0.4) is 0 Å². The molecule has 1 nitrogen and oxygen atoms in total. The molecular formula is C26H24OSe. The van der Waals surface area contributed by atoms with Crippen LogP contribution in [0, 0.1) is 0 Å². The minimum absolute atomic E-state index is 0.138. The Morgan fingerprint density at radius 3 is 2.18 bits per heavy atom. The van der Waals surface area contributed by atoms with Crippen LogP contribution in [0.15, 0.2) is 78.9 Å². The normalized spacial score (nSPS) is 19.9. The first-order chi connectivity index (χ1) is 13.8. The number of hydrogen-bond acceptors (Lipinski definition) is 1. The Labute approximate surface area is 172 Å².